The molecule has 0 fully saturated rings. The van der Waals surface area contributed by atoms with Crippen molar-refractivity contribution in [2.75, 3.05) is 6.54 Å². The van der Waals surface area contributed by atoms with Crippen LogP contribution >= 0.6 is 0 Å². The summed E-state index contributed by atoms with van der Waals surface area (Å²) in [5, 5.41) is 5.16. The predicted molar refractivity (Wildman–Crippen MR) is 80.9 cm³/mol. The fourth-order valence-corrected chi connectivity index (χ4v) is 1.58. The maximum Gasteiger partial charge on any atom is 0.408 e. The molecule has 6 nitrogen and oxygen atoms in total. The summed E-state index contributed by atoms with van der Waals surface area (Å²) in [4.78, 5) is 34.6. The second-order valence-corrected chi connectivity index (χ2v) is 5.67. The Balaban J connectivity index is 4.15. The van der Waals surface area contributed by atoms with Crippen molar-refractivity contribution >= 4 is 17.8 Å². The van der Waals surface area contributed by atoms with Crippen LogP contribution in [0, 0.1) is 0 Å². The van der Waals surface area contributed by atoms with Crippen LogP contribution in [0.4, 0.5) is 4.79 Å². The zero-order valence-electron chi connectivity index (χ0n) is 13.3. The van der Waals surface area contributed by atoms with E-state index >= 15 is 0 Å². The quantitative estimate of drug-likeness (QED) is 0.530. The Kier molecular flexibility index (Phi) is 8.35. The maximum absolute atomic E-state index is 12.0. The third-order valence-corrected chi connectivity index (χ3v) is 2.57. The van der Waals surface area contributed by atoms with Gasteiger partial charge in [0.15, 0.2) is 5.78 Å². The number of Topliss-reactive ketones (excluding diaryl/α,β-unsaturated/α-hetero) is 1. The molecular weight excluding hydrogens is 272 g/mol. The van der Waals surface area contributed by atoms with Crippen LogP contribution < -0.4 is 10.6 Å². The zero-order chi connectivity index (χ0) is 16.5. The van der Waals surface area contributed by atoms with Gasteiger partial charge in [-0.3, -0.25) is 9.59 Å². The van der Waals surface area contributed by atoms with Crippen LogP contribution in [0.15, 0.2) is 12.7 Å². The van der Waals surface area contributed by atoms with E-state index in [-0.39, 0.29) is 18.1 Å². The molecule has 0 heterocycles. The molecule has 0 rings (SSSR count). The number of hydrogen-bond acceptors (Lipinski definition) is 4. The summed E-state index contributed by atoms with van der Waals surface area (Å²) < 4.78 is 5.12. The van der Waals surface area contributed by atoms with Crippen molar-refractivity contribution in [2.45, 2.75) is 58.6 Å². The molecule has 2 N–H and O–H groups in total. The fraction of sp³-hybridized carbons (Fsp3) is 0.667. The van der Waals surface area contributed by atoms with Crippen LogP contribution in [0.3, 0.4) is 0 Å². The van der Waals surface area contributed by atoms with Gasteiger partial charge in [0.25, 0.3) is 0 Å². The van der Waals surface area contributed by atoms with Gasteiger partial charge >= 0.3 is 6.09 Å². The second-order valence-electron chi connectivity index (χ2n) is 5.67. The van der Waals surface area contributed by atoms with E-state index in [1.54, 1.807) is 20.8 Å². The molecule has 2 amide bonds. The predicted octanol–water partition coefficient (Wildman–Crippen LogP) is 1.94. The average molecular weight is 298 g/mol. The number of ether oxygens (including phenoxy) is 1. The first kappa shape index (κ1) is 19.1. The van der Waals surface area contributed by atoms with Crippen molar-refractivity contribution in [1.29, 1.82) is 0 Å². The van der Waals surface area contributed by atoms with Gasteiger partial charge in [0.2, 0.25) is 5.91 Å². The molecule has 0 aliphatic rings. The molecule has 0 spiro atoms. The standard InChI is InChI=1S/C15H26N2O4/c1-6-11(17-14(20)21-15(3,4)5)12(18)9-8-10-16-13(19)7-2/h7,11H,2,6,8-10H2,1,3-5H3,(H,16,19)(H,17,20). The summed E-state index contributed by atoms with van der Waals surface area (Å²) in [6.07, 6.45) is 1.89. The van der Waals surface area contributed by atoms with Crippen molar-refractivity contribution in [3.05, 3.63) is 12.7 Å². The van der Waals surface area contributed by atoms with Crippen LogP contribution in [0.1, 0.15) is 47.0 Å². The van der Waals surface area contributed by atoms with Gasteiger partial charge in [0.1, 0.15) is 5.60 Å². The van der Waals surface area contributed by atoms with Gasteiger partial charge in [-0.25, -0.2) is 4.79 Å². The van der Waals surface area contributed by atoms with E-state index in [2.05, 4.69) is 17.2 Å². The highest BCUT2D eigenvalue weighted by Crippen LogP contribution is 2.08. The maximum atomic E-state index is 12.0. The molecule has 120 valence electrons. The molecule has 0 radical (unpaired) electrons. The Labute approximate surface area is 126 Å². The second kappa shape index (κ2) is 9.15. The van der Waals surface area contributed by atoms with E-state index in [1.807, 2.05) is 6.92 Å². The Morgan fingerprint density at radius 1 is 1.29 bits per heavy atom. The van der Waals surface area contributed by atoms with Crippen LogP contribution in [0.2, 0.25) is 0 Å². The van der Waals surface area contributed by atoms with E-state index in [1.165, 1.54) is 6.08 Å². The third-order valence-electron chi connectivity index (χ3n) is 2.57. The summed E-state index contributed by atoms with van der Waals surface area (Å²) in [5.41, 5.74) is -0.597. The van der Waals surface area contributed by atoms with Crippen molar-refractivity contribution in [3.63, 3.8) is 0 Å². The summed E-state index contributed by atoms with van der Waals surface area (Å²) >= 11 is 0. The minimum atomic E-state index is -0.597. The fourth-order valence-electron chi connectivity index (χ4n) is 1.58. The SMILES string of the molecule is C=CC(=O)NCCCC(=O)C(CC)NC(=O)OC(C)(C)C. The van der Waals surface area contributed by atoms with Crippen LogP contribution in [-0.2, 0) is 14.3 Å². The van der Waals surface area contributed by atoms with Crippen molar-refractivity contribution < 1.29 is 19.1 Å². The van der Waals surface area contributed by atoms with Gasteiger partial charge in [-0.05, 0) is 39.7 Å². The smallest absolute Gasteiger partial charge is 0.408 e. The largest absolute Gasteiger partial charge is 0.444 e. The van der Waals surface area contributed by atoms with E-state index in [0.29, 0.717) is 19.4 Å². The van der Waals surface area contributed by atoms with E-state index < -0.39 is 17.7 Å². The Bertz CT molecular complexity index is 386. The normalized spacial score (nSPS) is 12.2. The number of hydrogen-bond donors (Lipinski definition) is 2. The summed E-state index contributed by atoms with van der Waals surface area (Å²) in [6, 6.07) is -0.560. The molecule has 6 heteroatoms. The number of ketones is 1. The molecule has 0 aromatic heterocycles. The first-order valence-electron chi connectivity index (χ1n) is 7.12. The first-order chi connectivity index (χ1) is 9.69. The molecular formula is C15H26N2O4. The van der Waals surface area contributed by atoms with Crippen molar-refractivity contribution in [1.82, 2.24) is 10.6 Å². The number of carbonyl (C=O) groups excluding carboxylic acids is 3. The Hall–Kier alpha value is -1.85. The first-order valence-corrected chi connectivity index (χ1v) is 7.12. The lowest BCUT2D eigenvalue weighted by Gasteiger charge is -2.22. The Morgan fingerprint density at radius 2 is 1.90 bits per heavy atom. The van der Waals surface area contributed by atoms with Crippen LogP contribution in [0.5, 0.6) is 0 Å². The lowest BCUT2D eigenvalue weighted by atomic mass is 10.1. The highest BCUT2D eigenvalue weighted by atomic mass is 16.6. The summed E-state index contributed by atoms with van der Waals surface area (Å²) in [6.45, 7) is 10.8. The number of carbonyl (C=O) groups is 3. The van der Waals surface area contributed by atoms with Gasteiger partial charge < -0.3 is 15.4 Å². The molecule has 1 unspecified atom stereocenters. The number of alkyl carbamates (subject to hydrolysis) is 1. The molecule has 0 aliphatic heterocycles. The third kappa shape index (κ3) is 9.65. The lowest BCUT2D eigenvalue weighted by Crippen LogP contribution is -2.43. The monoisotopic (exact) mass is 298 g/mol. The van der Waals surface area contributed by atoms with Gasteiger partial charge in [0.05, 0.1) is 6.04 Å². The minimum Gasteiger partial charge on any atom is -0.444 e. The van der Waals surface area contributed by atoms with E-state index in [9.17, 15) is 14.4 Å². The summed E-state index contributed by atoms with van der Waals surface area (Å²) in [7, 11) is 0. The van der Waals surface area contributed by atoms with Gasteiger partial charge in [-0.1, -0.05) is 13.5 Å². The molecule has 0 bridgehead atoms. The molecule has 0 aromatic rings. The van der Waals surface area contributed by atoms with Gasteiger partial charge in [-0.15, -0.1) is 0 Å². The van der Waals surface area contributed by atoms with Crippen LogP contribution in [0.25, 0.3) is 0 Å². The molecule has 0 saturated heterocycles. The topological polar surface area (TPSA) is 84.5 Å². The minimum absolute atomic E-state index is 0.0730. The number of rotatable bonds is 8. The Morgan fingerprint density at radius 3 is 2.38 bits per heavy atom. The average Bonchev–Trinajstić information content (AvgIpc) is 2.38. The van der Waals surface area contributed by atoms with Crippen molar-refractivity contribution in [3.8, 4) is 0 Å². The number of amides is 2. The highest BCUT2D eigenvalue weighted by Gasteiger charge is 2.22. The van der Waals surface area contributed by atoms with Gasteiger partial charge in [0, 0.05) is 13.0 Å². The number of nitrogens with one attached hydrogen (secondary N) is 2. The molecule has 0 aromatic carbocycles. The van der Waals surface area contributed by atoms with Crippen LogP contribution in [-0.4, -0.2) is 36.0 Å². The zero-order valence-corrected chi connectivity index (χ0v) is 13.3. The van der Waals surface area contributed by atoms with E-state index in [4.69, 9.17) is 4.74 Å². The lowest BCUT2D eigenvalue weighted by molar-refractivity contribution is -0.121. The van der Waals surface area contributed by atoms with Crippen molar-refractivity contribution in [2.24, 2.45) is 0 Å². The van der Waals surface area contributed by atoms with E-state index in [0.717, 1.165) is 0 Å². The molecule has 21 heavy (non-hydrogen) atoms. The molecule has 0 saturated carbocycles. The highest BCUT2D eigenvalue weighted by molar-refractivity contribution is 5.88. The molecule has 0 aliphatic carbocycles. The molecule has 1 atom stereocenters. The van der Waals surface area contributed by atoms with Gasteiger partial charge in [-0.2, -0.15) is 0 Å². The summed E-state index contributed by atoms with van der Waals surface area (Å²) in [5.74, 6) is -0.336.